The predicted octanol–water partition coefficient (Wildman–Crippen LogP) is 7.61. The number of anilines is 2. The van der Waals surface area contributed by atoms with Crippen molar-refractivity contribution in [3.63, 3.8) is 0 Å². The molecule has 0 aliphatic heterocycles. The van der Waals surface area contributed by atoms with Crippen LogP contribution in [-0.4, -0.2) is 16.2 Å². The molecule has 6 nitrogen and oxygen atoms in total. The number of hydrogen-bond acceptors (Lipinski definition) is 3. The summed E-state index contributed by atoms with van der Waals surface area (Å²) in [7, 11) is 0. The summed E-state index contributed by atoms with van der Waals surface area (Å²) >= 11 is 0. The molecule has 0 fully saturated rings. The number of fused-ring (bicyclic) bond motifs is 1. The van der Waals surface area contributed by atoms with E-state index in [1.807, 2.05) is 42.5 Å². The molecule has 3 N–H and O–H groups in total. The lowest BCUT2D eigenvalue weighted by atomic mass is 10.1. The fourth-order valence-corrected chi connectivity index (χ4v) is 3.92. The number of carbonyl (C=O) groups is 1. The van der Waals surface area contributed by atoms with Gasteiger partial charge in [0.1, 0.15) is 18.2 Å². The third-order valence-corrected chi connectivity index (χ3v) is 5.79. The molecule has 10 heteroatoms. The van der Waals surface area contributed by atoms with Crippen molar-refractivity contribution in [1.29, 1.82) is 0 Å². The highest BCUT2D eigenvalue weighted by Gasteiger charge is 2.33. The fourth-order valence-electron chi connectivity index (χ4n) is 3.92. The largest absolute Gasteiger partial charge is 0.489 e. The molecule has 0 bridgehead atoms. The summed E-state index contributed by atoms with van der Waals surface area (Å²) in [4.78, 5) is 12.6. The second kappa shape index (κ2) is 10.3. The Bertz CT molecular complexity index is 1580. The Morgan fingerprint density at radius 1 is 0.868 bits per heavy atom. The minimum Gasteiger partial charge on any atom is -0.489 e. The maximum atomic E-state index is 13.4. The van der Waals surface area contributed by atoms with Gasteiger partial charge in [0, 0.05) is 16.6 Å². The van der Waals surface area contributed by atoms with E-state index in [1.54, 1.807) is 30.3 Å². The van der Waals surface area contributed by atoms with Crippen LogP contribution in [0.2, 0.25) is 0 Å². The number of hydrogen-bond donors (Lipinski definition) is 3. The van der Waals surface area contributed by atoms with Crippen LogP contribution >= 0.6 is 0 Å². The molecule has 0 saturated heterocycles. The topological polar surface area (TPSA) is 79.0 Å². The second-order valence-corrected chi connectivity index (χ2v) is 8.39. The molecule has 0 saturated carbocycles. The summed E-state index contributed by atoms with van der Waals surface area (Å²) in [6.07, 6.45) is -4.72. The van der Waals surface area contributed by atoms with E-state index in [9.17, 15) is 22.4 Å². The molecule has 0 unspecified atom stereocenters. The van der Waals surface area contributed by atoms with Crippen molar-refractivity contribution >= 4 is 28.4 Å². The molecular formula is C28H20F4N4O2. The number of aromatic nitrogens is 2. The molecule has 38 heavy (non-hydrogen) atoms. The number of nitrogens with one attached hydrogen (secondary N) is 3. The van der Waals surface area contributed by atoms with E-state index < -0.39 is 30.2 Å². The average molecular weight is 520 g/mol. The van der Waals surface area contributed by atoms with Crippen LogP contribution in [0.4, 0.5) is 33.9 Å². The zero-order chi connectivity index (χ0) is 26.7. The van der Waals surface area contributed by atoms with Gasteiger partial charge in [-0.3, -0.25) is 10.4 Å². The van der Waals surface area contributed by atoms with Crippen molar-refractivity contribution in [1.82, 2.24) is 10.2 Å². The van der Waals surface area contributed by atoms with Crippen LogP contribution in [0.25, 0.3) is 22.0 Å². The van der Waals surface area contributed by atoms with Gasteiger partial charge in [-0.25, -0.2) is 9.18 Å². The number of ether oxygens (including phenoxy) is 1. The number of urea groups is 1. The van der Waals surface area contributed by atoms with Crippen molar-refractivity contribution in [3.8, 4) is 16.9 Å². The summed E-state index contributed by atoms with van der Waals surface area (Å²) in [5.41, 5.74) is 1.91. The van der Waals surface area contributed by atoms with Gasteiger partial charge in [0.25, 0.3) is 0 Å². The van der Waals surface area contributed by atoms with Crippen LogP contribution < -0.4 is 15.4 Å². The predicted molar refractivity (Wildman–Crippen MR) is 136 cm³/mol. The molecule has 2 amide bonds. The maximum absolute atomic E-state index is 13.4. The third-order valence-electron chi connectivity index (χ3n) is 5.79. The molecular weight excluding hydrogens is 500 g/mol. The van der Waals surface area contributed by atoms with E-state index in [0.29, 0.717) is 22.7 Å². The van der Waals surface area contributed by atoms with Gasteiger partial charge in [0.2, 0.25) is 0 Å². The zero-order valence-corrected chi connectivity index (χ0v) is 19.6. The SMILES string of the molecule is O=C(Nc1ccc(-c2ccccc2)cc1)Nc1n[nH]c2ccc(OCc3ccc(F)cc3C(F)(F)F)cc12. The van der Waals surface area contributed by atoms with E-state index in [-0.39, 0.29) is 17.1 Å². The van der Waals surface area contributed by atoms with Gasteiger partial charge in [-0.1, -0.05) is 48.5 Å². The molecule has 5 rings (SSSR count). The molecule has 0 atom stereocenters. The highest BCUT2D eigenvalue weighted by molar-refractivity contribution is 6.04. The van der Waals surface area contributed by atoms with Gasteiger partial charge in [0.15, 0.2) is 5.82 Å². The van der Waals surface area contributed by atoms with Gasteiger partial charge in [-0.2, -0.15) is 18.3 Å². The quantitative estimate of drug-likeness (QED) is 0.202. The number of amides is 2. The van der Waals surface area contributed by atoms with E-state index in [1.165, 1.54) is 0 Å². The Labute approximate surface area is 214 Å². The Balaban J connectivity index is 1.27. The lowest BCUT2D eigenvalue weighted by molar-refractivity contribution is -0.138. The van der Waals surface area contributed by atoms with Crippen LogP contribution in [0.15, 0.2) is 91.0 Å². The smallest absolute Gasteiger partial charge is 0.416 e. The number of nitrogens with zero attached hydrogens (tertiary/aromatic N) is 1. The van der Waals surface area contributed by atoms with E-state index >= 15 is 0 Å². The molecule has 0 spiro atoms. The summed E-state index contributed by atoms with van der Waals surface area (Å²) in [5.74, 6) is -0.528. The normalized spacial score (nSPS) is 11.4. The fraction of sp³-hybridized carbons (Fsp3) is 0.0714. The van der Waals surface area contributed by atoms with Gasteiger partial charge in [-0.15, -0.1) is 0 Å². The highest BCUT2D eigenvalue weighted by atomic mass is 19.4. The average Bonchev–Trinajstić information content (AvgIpc) is 3.30. The van der Waals surface area contributed by atoms with E-state index in [0.717, 1.165) is 23.3 Å². The van der Waals surface area contributed by atoms with Crippen LogP contribution in [0.3, 0.4) is 0 Å². The number of benzene rings is 4. The highest BCUT2D eigenvalue weighted by Crippen LogP contribution is 2.33. The number of H-pyrrole nitrogens is 1. The summed E-state index contributed by atoms with van der Waals surface area (Å²) < 4.78 is 58.7. The summed E-state index contributed by atoms with van der Waals surface area (Å²) in [6.45, 7) is -0.430. The molecule has 4 aromatic carbocycles. The molecule has 0 radical (unpaired) electrons. The lowest BCUT2D eigenvalue weighted by Gasteiger charge is -2.14. The zero-order valence-electron chi connectivity index (χ0n) is 19.6. The number of rotatable bonds is 6. The summed E-state index contributed by atoms with van der Waals surface area (Å²) in [5, 5.41) is 12.8. The molecule has 0 aliphatic rings. The molecule has 5 aromatic rings. The Hall–Kier alpha value is -4.86. The second-order valence-electron chi connectivity index (χ2n) is 8.39. The van der Waals surface area contributed by atoms with Crippen LogP contribution in [-0.2, 0) is 12.8 Å². The Morgan fingerprint density at radius 2 is 1.61 bits per heavy atom. The standard InChI is InChI=1S/C28H20F4N4O2/c29-20-9-6-19(24(14-20)28(30,31)32)16-38-22-12-13-25-23(15-22)26(36-35-25)34-27(37)33-21-10-7-18(8-11-21)17-4-2-1-3-5-17/h1-15H,16H2,(H3,33,34,35,36,37). The first-order chi connectivity index (χ1) is 18.3. The first-order valence-electron chi connectivity index (χ1n) is 11.5. The first-order valence-corrected chi connectivity index (χ1v) is 11.5. The van der Waals surface area contributed by atoms with Crippen molar-refractivity contribution in [2.24, 2.45) is 0 Å². The molecule has 1 heterocycles. The first kappa shape index (κ1) is 24.8. The third kappa shape index (κ3) is 5.59. The Morgan fingerprint density at radius 3 is 2.34 bits per heavy atom. The molecule has 192 valence electrons. The minimum absolute atomic E-state index is 0.206. The molecule has 1 aromatic heterocycles. The van der Waals surface area contributed by atoms with Crippen LogP contribution in [0, 0.1) is 5.82 Å². The monoisotopic (exact) mass is 520 g/mol. The number of alkyl halides is 3. The van der Waals surface area contributed by atoms with Crippen molar-refractivity contribution in [2.75, 3.05) is 10.6 Å². The van der Waals surface area contributed by atoms with Gasteiger partial charge < -0.3 is 10.1 Å². The Kier molecular flexibility index (Phi) is 6.69. The van der Waals surface area contributed by atoms with Gasteiger partial charge in [0.05, 0.1) is 11.1 Å². The summed E-state index contributed by atoms with van der Waals surface area (Å²) in [6, 6.07) is 23.8. The van der Waals surface area contributed by atoms with E-state index in [4.69, 9.17) is 4.74 Å². The number of halogens is 4. The van der Waals surface area contributed by atoms with E-state index in [2.05, 4.69) is 20.8 Å². The van der Waals surface area contributed by atoms with Crippen LogP contribution in [0.1, 0.15) is 11.1 Å². The number of carbonyl (C=O) groups excluding carboxylic acids is 1. The lowest BCUT2D eigenvalue weighted by Crippen LogP contribution is -2.19. The minimum atomic E-state index is -4.72. The van der Waals surface area contributed by atoms with Crippen molar-refractivity contribution in [3.05, 3.63) is 108 Å². The van der Waals surface area contributed by atoms with Crippen molar-refractivity contribution < 1.29 is 27.1 Å². The van der Waals surface area contributed by atoms with Crippen LogP contribution in [0.5, 0.6) is 5.75 Å². The van der Waals surface area contributed by atoms with Gasteiger partial charge in [-0.05, 0) is 53.6 Å². The van der Waals surface area contributed by atoms with Crippen molar-refractivity contribution in [2.45, 2.75) is 12.8 Å². The number of aromatic amines is 1. The maximum Gasteiger partial charge on any atom is 0.416 e. The molecule has 0 aliphatic carbocycles. The van der Waals surface area contributed by atoms with Gasteiger partial charge >= 0.3 is 12.2 Å².